The van der Waals surface area contributed by atoms with Crippen molar-refractivity contribution in [2.24, 2.45) is 0 Å². The summed E-state index contributed by atoms with van der Waals surface area (Å²) in [6.07, 6.45) is 0.945. The first-order valence-electron chi connectivity index (χ1n) is 6.81. The monoisotopic (exact) mass is 329 g/mol. The first-order chi connectivity index (χ1) is 11.5. The number of carbonyl (C=O) groups excluding carboxylic acids is 1. The minimum absolute atomic E-state index is 0.339. The summed E-state index contributed by atoms with van der Waals surface area (Å²) in [4.78, 5) is 12.0. The SMILES string of the molecule is COc1ccc(NC(=O)/C(C#N)=C\Nc2c(F)cccc2F)cc1. The van der Waals surface area contributed by atoms with Crippen LogP contribution in [0.15, 0.2) is 54.2 Å². The number of rotatable bonds is 5. The summed E-state index contributed by atoms with van der Waals surface area (Å²) in [5.74, 6) is -1.77. The largest absolute Gasteiger partial charge is 0.497 e. The molecule has 0 radical (unpaired) electrons. The quantitative estimate of drug-likeness (QED) is 0.651. The fraction of sp³-hybridized carbons (Fsp3) is 0.0588. The summed E-state index contributed by atoms with van der Waals surface area (Å²) in [6.45, 7) is 0. The highest BCUT2D eigenvalue weighted by molar-refractivity contribution is 6.06. The number of amides is 1. The second-order valence-corrected chi connectivity index (χ2v) is 4.59. The van der Waals surface area contributed by atoms with Crippen molar-refractivity contribution in [3.63, 3.8) is 0 Å². The van der Waals surface area contributed by atoms with E-state index < -0.39 is 23.2 Å². The van der Waals surface area contributed by atoms with Gasteiger partial charge in [0.25, 0.3) is 5.91 Å². The summed E-state index contributed by atoms with van der Waals surface area (Å²) in [5, 5.41) is 13.8. The minimum Gasteiger partial charge on any atom is -0.497 e. The third-order valence-electron chi connectivity index (χ3n) is 3.04. The van der Waals surface area contributed by atoms with Crippen molar-refractivity contribution in [3.05, 3.63) is 65.9 Å². The summed E-state index contributed by atoms with van der Waals surface area (Å²) < 4.78 is 32.0. The number of hydrogen-bond donors (Lipinski definition) is 2. The predicted molar refractivity (Wildman–Crippen MR) is 85.3 cm³/mol. The first-order valence-corrected chi connectivity index (χ1v) is 6.81. The van der Waals surface area contributed by atoms with Gasteiger partial charge in [0.15, 0.2) is 0 Å². The van der Waals surface area contributed by atoms with Crippen LogP contribution >= 0.6 is 0 Å². The molecule has 24 heavy (non-hydrogen) atoms. The van der Waals surface area contributed by atoms with Crippen LogP contribution in [0.3, 0.4) is 0 Å². The molecule has 0 saturated heterocycles. The van der Waals surface area contributed by atoms with E-state index >= 15 is 0 Å². The Bertz CT molecular complexity index is 791. The number of nitrogens with one attached hydrogen (secondary N) is 2. The fourth-order valence-corrected chi connectivity index (χ4v) is 1.80. The van der Waals surface area contributed by atoms with Gasteiger partial charge in [0.2, 0.25) is 0 Å². The highest BCUT2D eigenvalue weighted by atomic mass is 19.1. The van der Waals surface area contributed by atoms with Crippen LogP contribution in [0, 0.1) is 23.0 Å². The second-order valence-electron chi connectivity index (χ2n) is 4.59. The van der Waals surface area contributed by atoms with Crippen molar-refractivity contribution in [2.75, 3.05) is 17.7 Å². The van der Waals surface area contributed by atoms with Crippen LogP contribution in [0.25, 0.3) is 0 Å². The lowest BCUT2D eigenvalue weighted by molar-refractivity contribution is -0.112. The lowest BCUT2D eigenvalue weighted by atomic mass is 10.2. The fourth-order valence-electron chi connectivity index (χ4n) is 1.80. The Morgan fingerprint density at radius 3 is 2.33 bits per heavy atom. The summed E-state index contributed by atoms with van der Waals surface area (Å²) in [7, 11) is 1.51. The number of hydrogen-bond acceptors (Lipinski definition) is 4. The average molecular weight is 329 g/mol. The normalized spacial score (nSPS) is 10.7. The molecular weight excluding hydrogens is 316 g/mol. The molecule has 0 spiro atoms. The zero-order valence-electron chi connectivity index (χ0n) is 12.6. The van der Waals surface area contributed by atoms with E-state index in [4.69, 9.17) is 10.00 Å². The topological polar surface area (TPSA) is 74.1 Å². The average Bonchev–Trinajstić information content (AvgIpc) is 2.58. The number of ether oxygens (including phenoxy) is 1. The van der Waals surface area contributed by atoms with Crippen LogP contribution in [0.2, 0.25) is 0 Å². The van der Waals surface area contributed by atoms with Gasteiger partial charge < -0.3 is 15.4 Å². The molecule has 7 heteroatoms. The molecule has 0 fully saturated rings. The molecule has 0 saturated carbocycles. The van der Waals surface area contributed by atoms with E-state index in [-0.39, 0.29) is 5.57 Å². The molecule has 0 aliphatic carbocycles. The summed E-state index contributed by atoms with van der Waals surface area (Å²) in [6, 6.07) is 11.5. The third-order valence-corrected chi connectivity index (χ3v) is 3.04. The van der Waals surface area contributed by atoms with Gasteiger partial charge in [0, 0.05) is 11.9 Å². The molecule has 0 aliphatic heterocycles. The maximum atomic E-state index is 13.5. The lowest BCUT2D eigenvalue weighted by Gasteiger charge is -2.07. The Morgan fingerprint density at radius 2 is 1.79 bits per heavy atom. The Hall–Kier alpha value is -3.40. The van der Waals surface area contributed by atoms with E-state index in [2.05, 4.69) is 10.6 Å². The van der Waals surface area contributed by atoms with Crippen molar-refractivity contribution >= 4 is 17.3 Å². The van der Waals surface area contributed by atoms with Gasteiger partial charge >= 0.3 is 0 Å². The number of nitrogens with zero attached hydrogens (tertiary/aromatic N) is 1. The summed E-state index contributed by atoms with van der Waals surface area (Å²) >= 11 is 0. The number of nitriles is 1. The summed E-state index contributed by atoms with van der Waals surface area (Å²) in [5.41, 5.74) is -0.338. The van der Waals surface area contributed by atoms with Crippen molar-refractivity contribution in [1.29, 1.82) is 5.26 Å². The van der Waals surface area contributed by atoms with Crippen LogP contribution in [0.1, 0.15) is 0 Å². The van der Waals surface area contributed by atoms with Crippen LogP contribution in [-0.4, -0.2) is 13.0 Å². The van der Waals surface area contributed by atoms with E-state index in [1.807, 2.05) is 0 Å². The number of anilines is 2. The smallest absolute Gasteiger partial charge is 0.267 e. The number of carbonyl (C=O) groups is 1. The van der Waals surface area contributed by atoms with Gasteiger partial charge in [0.05, 0.1) is 7.11 Å². The van der Waals surface area contributed by atoms with E-state index in [0.717, 1.165) is 18.3 Å². The van der Waals surface area contributed by atoms with Crippen LogP contribution in [-0.2, 0) is 4.79 Å². The van der Waals surface area contributed by atoms with Crippen molar-refractivity contribution in [1.82, 2.24) is 0 Å². The predicted octanol–water partition coefficient (Wildman–Crippen LogP) is 3.43. The van der Waals surface area contributed by atoms with Gasteiger partial charge in [-0.25, -0.2) is 8.78 Å². The zero-order valence-corrected chi connectivity index (χ0v) is 12.6. The van der Waals surface area contributed by atoms with Gasteiger partial charge in [-0.05, 0) is 36.4 Å². The van der Waals surface area contributed by atoms with Crippen LogP contribution in [0.5, 0.6) is 5.75 Å². The molecule has 122 valence electrons. The molecule has 2 N–H and O–H groups in total. The molecular formula is C17H13F2N3O2. The van der Waals surface area contributed by atoms with Gasteiger partial charge in [-0.1, -0.05) is 6.07 Å². The molecule has 0 atom stereocenters. The number of para-hydroxylation sites is 1. The molecule has 0 heterocycles. The maximum Gasteiger partial charge on any atom is 0.267 e. The molecule has 2 rings (SSSR count). The standard InChI is InChI=1S/C17H13F2N3O2/c1-24-13-7-5-12(6-8-13)22-17(23)11(9-20)10-21-16-14(18)3-2-4-15(16)19/h2-8,10,21H,1H3,(H,22,23)/b11-10-. The molecule has 0 unspecified atom stereocenters. The van der Waals surface area contributed by atoms with Crippen molar-refractivity contribution in [2.45, 2.75) is 0 Å². The van der Waals surface area contributed by atoms with Gasteiger partial charge in [-0.2, -0.15) is 5.26 Å². The maximum absolute atomic E-state index is 13.5. The molecule has 1 amide bonds. The van der Waals surface area contributed by atoms with Crippen LogP contribution in [0.4, 0.5) is 20.2 Å². The third kappa shape index (κ3) is 4.08. The Balaban J connectivity index is 2.12. The lowest BCUT2D eigenvalue weighted by Crippen LogP contribution is -2.14. The zero-order chi connectivity index (χ0) is 17.5. The highest BCUT2D eigenvalue weighted by Crippen LogP contribution is 2.19. The molecule has 2 aromatic carbocycles. The van der Waals surface area contributed by atoms with Crippen molar-refractivity contribution in [3.8, 4) is 11.8 Å². The minimum atomic E-state index is -0.834. The molecule has 0 aliphatic rings. The molecule has 2 aromatic rings. The molecule has 0 bridgehead atoms. The van der Waals surface area contributed by atoms with Crippen LogP contribution < -0.4 is 15.4 Å². The van der Waals surface area contributed by atoms with E-state index in [1.54, 1.807) is 30.3 Å². The Morgan fingerprint density at radius 1 is 1.17 bits per heavy atom. The highest BCUT2D eigenvalue weighted by Gasteiger charge is 2.11. The number of methoxy groups -OCH3 is 1. The second kappa shape index (κ2) is 7.74. The Labute approximate surface area is 137 Å². The van der Waals surface area contributed by atoms with E-state index in [1.165, 1.54) is 13.2 Å². The van der Waals surface area contributed by atoms with E-state index in [9.17, 15) is 13.6 Å². The van der Waals surface area contributed by atoms with Crippen molar-refractivity contribution < 1.29 is 18.3 Å². The van der Waals surface area contributed by atoms with Gasteiger partial charge in [-0.3, -0.25) is 4.79 Å². The molecule has 0 aromatic heterocycles. The van der Waals surface area contributed by atoms with Gasteiger partial charge in [-0.15, -0.1) is 0 Å². The molecule has 5 nitrogen and oxygen atoms in total. The Kier molecular flexibility index (Phi) is 5.47. The van der Waals surface area contributed by atoms with E-state index in [0.29, 0.717) is 11.4 Å². The van der Waals surface area contributed by atoms with Gasteiger partial charge in [0.1, 0.15) is 34.7 Å². The number of benzene rings is 2. The number of halogens is 2. The first kappa shape index (κ1) is 17.0.